The summed E-state index contributed by atoms with van der Waals surface area (Å²) in [6, 6.07) is 39.1. The summed E-state index contributed by atoms with van der Waals surface area (Å²) in [5, 5.41) is 22.9. The molecule has 1 unspecified atom stereocenters. The predicted octanol–water partition coefficient (Wildman–Crippen LogP) is 6.26. The molecule has 0 bridgehead atoms. The fourth-order valence-electron chi connectivity index (χ4n) is 4.80. The molecular formula is C37H42O6. The molecule has 0 saturated carbocycles. The van der Waals surface area contributed by atoms with Crippen molar-refractivity contribution in [1.82, 2.24) is 0 Å². The maximum absolute atomic E-state index is 11.6. The van der Waals surface area contributed by atoms with Gasteiger partial charge in [-0.1, -0.05) is 127 Å². The topological polar surface area (TPSA) is 77.4 Å². The zero-order valence-corrected chi connectivity index (χ0v) is 24.5. The predicted molar refractivity (Wildman–Crippen MR) is 168 cm³/mol. The smallest absolute Gasteiger partial charge is 0.115 e. The summed E-state index contributed by atoms with van der Waals surface area (Å²) in [7, 11) is 0. The van der Waals surface area contributed by atoms with Crippen LogP contribution in [0.3, 0.4) is 0 Å². The third-order valence-electron chi connectivity index (χ3n) is 7.07. The van der Waals surface area contributed by atoms with Gasteiger partial charge in [0.1, 0.15) is 24.4 Å². The number of benzene rings is 4. The van der Waals surface area contributed by atoms with E-state index in [0.29, 0.717) is 6.61 Å². The van der Waals surface area contributed by atoms with E-state index in [4.69, 9.17) is 18.9 Å². The normalized spacial score (nSPS) is 14.8. The molecule has 0 radical (unpaired) electrons. The lowest BCUT2D eigenvalue weighted by atomic mass is 9.96. The fourth-order valence-corrected chi connectivity index (χ4v) is 4.80. The van der Waals surface area contributed by atoms with Gasteiger partial charge >= 0.3 is 0 Å². The Kier molecular flexibility index (Phi) is 13.6. The molecule has 0 aliphatic rings. The van der Waals surface area contributed by atoms with Gasteiger partial charge < -0.3 is 29.2 Å². The van der Waals surface area contributed by atoms with Crippen LogP contribution in [0.5, 0.6) is 0 Å². The van der Waals surface area contributed by atoms with Crippen molar-refractivity contribution in [3.8, 4) is 0 Å². The molecule has 0 aliphatic carbocycles. The minimum absolute atomic E-state index is 0.00249. The largest absolute Gasteiger partial charge is 0.390 e. The number of aliphatic hydroxyl groups is 2. The molecule has 0 spiro atoms. The van der Waals surface area contributed by atoms with E-state index in [9.17, 15) is 10.2 Å². The molecule has 4 aromatic carbocycles. The van der Waals surface area contributed by atoms with Crippen molar-refractivity contribution in [2.75, 3.05) is 6.61 Å². The summed E-state index contributed by atoms with van der Waals surface area (Å²) in [5.41, 5.74) is 3.84. The van der Waals surface area contributed by atoms with Gasteiger partial charge in [-0.2, -0.15) is 0 Å². The Morgan fingerprint density at radius 2 is 0.837 bits per heavy atom. The standard InChI is InChI=1S/C37H42O6/c1-2-15-33(38)35(41-25-30-18-9-4-10-19-30)37(43-27-32-22-13-6-14-23-32)36(42-26-31-20-11-5-12-21-31)34(39)28-40-24-29-16-7-3-8-17-29/h2-14,16-23,33-39H,1,15,24-28H2/t33?,34-,35-,36+,37+/m0/s1. The Hall–Kier alpha value is -3.62. The van der Waals surface area contributed by atoms with E-state index in [2.05, 4.69) is 6.58 Å². The Labute approximate surface area is 255 Å². The molecular weight excluding hydrogens is 540 g/mol. The van der Waals surface area contributed by atoms with Crippen LogP contribution in [0.15, 0.2) is 134 Å². The monoisotopic (exact) mass is 582 g/mol. The summed E-state index contributed by atoms with van der Waals surface area (Å²) in [6.07, 6.45) is -2.69. The first-order valence-electron chi connectivity index (χ1n) is 14.7. The van der Waals surface area contributed by atoms with E-state index in [1.54, 1.807) is 6.08 Å². The number of aliphatic hydroxyl groups excluding tert-OH is 2. The molecule has 6 heteroatoms. The second-order valence-corrected chi connectivity index (χ2v) is 10.4. The summed E-state index contributed by atoms with van der Waals surface area (Å²) in [5.74, 6) is 0. The SMILES string of the molecule is C=CCC(O)[C@H](OCc1ccccc1)[C@@H](OCc1ccccc1)[C@H](OCc1ccccc1)[C@@H](O)COCc1ccccc1. The second kappa shape index (κ2) is 18.1. The van der Waals surface area contributed by atoms with Crippen LogP contribution in [0.4, 0.5) is 0 Å². The van der Waals surface area contributed by atoms with Crippen molar-refractivity contribution in [3.05, 3.63) is 156 Å². The lowest BCUT2D eigenvalue weighted by molar-refractivity contribution is -0.205. The Bertz CT molecular complexity index is 1290. The molecule has 0 aromatic heterocycles. The van der Waals surface area contributed by atoms with Gasteiger partial charge in [0.15, 0.2) is 0 Å². The molecule has 0 amide bonds. The molecule has 4 aromatic rings. The molecule has 0 heterocycles. The van der Waals surface area contributed by atoms with Crippen molar-refractivity contribution < 1.29 is 29.2 Å². The van der Waals surface area contributed by atoms with Crippen LogP contribution >= 0.6 is 0 Å². The Morgan fingerprint density at radius 3 is 1.23 bits per heavy atom. The first-order chi connectivity index (χ1) is 21.1. The van der Waals surface area contributed by atoms with E-state index >= 15 is 0 Å². The van der Waals surface area contributed by atoms with Crippen LogP contribution in [0.25, 0.3) is 0 Å². The highest BCUT2D eigenvalue weighted by Gasteiger charge is 2.40. The lowest BCUT2D eigenvalue weighted by Crippen LogP contribution is -2.53. The van der Waals surface area contributed by atoms with Gasteiger partial charge in [-0.3, -0.25) is 0 Å². The summed E-state index contributed by atoms with van der Waals surface area (Å²) in [6.45, 7) is 4.88. The summed E-state index contributed by atoms with van der Waals surface area (Å²) in [4.78, 5) is 0. The van der Waals surface area contributed by atoms with Crippen molar-refractivity contribution >= 4 is 0 Å². The van der Waals surface area contributed by atoms with E-state index < -0.39 is 30.5 Å². The molecule has 4 rings (SSSR count). The van der Waals surface area contributed by atoms with E-state index in [0.717, 1.165) is 22.3 Å². The first-order valence-corrected chi connectivity index (χ1v) is 14.7. The fraction of sp³-hybridized carbons (Fsp3) is 0.297. The number of rotatable bonds is 19. The van der Waals surface area contributed by atoms with Crippen LogP contribution < -0.4 is 0 Å². The average Bonchev–Trinajstić information content (AvgIpc) is 3.05. The van der Waals surface area contributed by atoms with Crippen LogP contribution in [0.1, 0.15) is 28.7 Å². The van der Waals surface area contributed by atoms with Crippen molar-refractivity contribution in [1.29, 1.82) is 0 Å². The van der Waals surface area contributed by atoms with Crippen LogP contribution in [-0.4, -0.2) is 47.3 Å². The second-order valence-electron chi connectivity index (χ2n) is 10.4. The zero-order valence-electron chi connectivity index (χ0n) is 24.5. The number of ether oxygens (including phenoxy) is 4. The maximum atomic E-state index is 11.6. The third kappa shape index (κ3) is 10.9. The first kappa shape index (κ1) is 32.3. The van der Waals surface area contributed by atoms with Gasteiger partial charge in [0.25, 0.3) is 0 Å². The van der Waals surface area contributed by atoms with E-state index in [1.165, 1.54) is 0 Å². The minimum Gasteiger partial charge on any atom is -0.390 e. The van der Waals surface area contributed by atoms with Crippen molar-refractivity contribution in [2.45, 2.75) is 63.4 Å². The van der Waals surface area contributed by atoms with E-state index in [-0.39, 0.29) is 32.8 Å². The highest BCUT2D eigenvalue weighted by Crippen LogP contribution is 2.24. The van der Waals surface area contributed by atoms with E-state index in [1.807, 2.05) is 121 Å². The van der Waals surface area contributed by atoms with Crippen molar-refractivity contribution in [3.63, 3.8) is 0 Å². The number of hydrogen-bond acceptors (Lipinski definition) is 6. The van der Waals surface area contributed by atoms with Gasteiger partial charge in [-0.25, -0.2) is 0 Å². The van der Waals surface area contributed by atoms with Gasteiger partial charge in [-0.15, -0.1) is 6.58 Å². The highest BCUT2D eigenvalue weighted by molar-refractivity contribution is 5.16. The summed E-state index contributed by atoms with van der Waals surface area (Å²) < 4.78 is 25.3. The molecule has 0 fully saturated rings. The highest BCUT2D eigenvalue weighted by atomic mass is 16.6. The molecule has 2 N–H and O–H groups in total. The molecule has 226 valence electrons. The average molecular weight is 583 g/mol. The molecule has 5 atom stereocenters. The Morgan fingerprint density at radius 1 is 0.488 bits per heavy atom. The van der Waals surface area contributed by atoms with Crippen LogP contribution in [0.2, 0.25) is 0 Å². The Balaban J connectivity index is 1.61. The van der Waals surface area contributed by atoms with Crippen LogP contribution in [0, 0.1) is 0 Å². The third-order valence-corrected chi connectivity index (χ3v) is 7.07. The molecule has 0 aliphatic heterocycles. The van der Waals surface area contributed by atoms with Gasteiger partial charge in [-0.05, 0) is 28.7 Å². The molecule has 6 nitrogen and oxygen atoms in total. The van der Waals surface area contributed by atoms with Gasteiger partial charge in [0, 0.05) is 0 Å². The maximum Gasteiger partial charge on any atom is 0.115 e. The zero-order chi connectivity index (χ0) is 30.1. The minimum atomic E-state index is -1.08. The molecule has 0 saturated heterocycles. The van der Waals surface area contributed by atoms with Crippen molar-refractivity contribution in [2.24, 2.45) is 0 Å². The van der Waals surface area contributed by atoms with Gasteiger partial charge in [0.2, 0.25) is 0 Å². The van der Waals surface area contributed by atoms with Crippen LogP contribution in [-0.2, 0) is 45.4 Å². The van der Waals surface area contributed by atoms with Gasteiger partial charge in [0.05, 0.1) is 39.1 Å². The summed E-state index contributed by atoms with van der Waals surface area (Å²) >= 11 is 0. The quantitative estimate of drug-likeness (QED) is 0.127. The number of hydrogen-bond donors (Lipinski definition) is 2. The lowest BCUT2D eigenvalue weighted by Gasteiger charge is -2.37. The molecule has 43 heavy (non-hydrogen) atoms.